The highest BCUT2D eigenvalue weighted by Crippen LogP contribution is 2.32. The van der Waals surface area contributed by atoms with Gasteiger partial charge in [0.05, 0.1) is 10.7 Å². The Morgan fingerprint density at radius 3 is 2.45 bits per heavy atom. The lowest BCUT2D eigenvalue weighted by molar-refractivity contribution is 0.0923. The Hall–Kier alpha value is -4.27. The Morgan fingerprint density at radius 2 is 1.71 bits per heavy atom. The number of ether oxygens (including phenoxy) is 2. The van der Waals surface area contributed by atoms with E-state index in [4.69, 9.17) is 25.5 Å². The molecule has 5 aromatic rings. The lowest BCUT2D eigenvalue weighted by Crippen LogP contribution is -2.17. The number of carbonyl (C=O) groups is 1. The van der Waals surface area contributed by atoms with Crippen molar-refractivity contribution >= 4 is 39.7 Å². The van der Waals surface area contributed by atoms with Crippen LogP contribution in [0, 0.1) is 20.8 Å². The summed E-state index contributed by atoms with van der Waals surface area (Å²) in [4.78, 5) is 12.7. The number of furan rings is 1. The van der Waals surface area contributed by atoms with Crippen molar-refractivity contribution in [1.82, 2.24) is 9.99 Å². The molecule has 42 heavy (non-hydrogen) atoms. The molecule has 0 aliphatic carbocycles. The summed E-state index contributed by atoms with van der Waals surface area (Å²) < 4.78 is 20.5. The first-order valence-corrected chi connectivity index (χ1v) is 14.4. The van der Waals surface area contributed by atoms with E-state index in [0.717, 1.165) is 16.8 Å². The van der Waals surface area contributed by atoms with Gasteiger partial charge >= 0.3 is 5.91 Å². The van der Waals surface area contributed by atoms with Gasteiger partial charge in [0.1, 0.15) is 30.5 Å². The molecular weight excluding hydrogens is 618 g/mol. The van der Waals surface area contributed by atoms with Crippen LogP contribution in [-0.4, -0.2) is 16.7 Å². The van der Waals surface area contributed by atoms with Gasteiger partial charge in [-0.25, -0.2) is 5.43 Å². The molecule has 0 bridgehead atoms. The molecule has 0 atom stereocenters. The highest BCUT2D eigenvalue weighted by Gasteiger charge is 2.13. The number of aryl methyl sites for hydroxylation is 3. The molecule has 2 heterocycles. The minimum atomic E-state index is -0.498. The van der Waals surface area contributed by atoms with Crippen molar-refractivity contribution in [2.24, 2.45) is 5.10 Å². The van der Waals surface area contributed by atoms with E-state index in [-0.39, 0.29) is 12.4 Å². The second kappa shape index (κ2) is 13.1. The van der Waals surface area contributed by atoms with Crippen LogP contribution in [0.2, 0.25) is 5.02 Å². The summed E-state index contributed by atoms with van der Waals surface area (Å²) in [5, 5.41) is 4.60. The quantitative estimate of drug-likeness (QED) is 0.122. The number of nitrogens with zero attached hydrogens (tertiary/aromatic N) is 2. The molecule has 0 aliphatic rings. The average Bonchev–Trinajstić information content (AvgIpc) is 3.57. The minimum absolute atomic E-state index is 0.114. The van der Waals surface area contributed by atoms with Gasteiger partial charge in [-0.15, -0.1) is 0 Å². The maximum Gasteiger partial charge on any atom is 0.307 e. The summed E-state index contributed by atoms with van der Waals surface area (Å²) in [5.41, 5.74) is 8.67. The Balaban J connectivity index is 1.18. The lowest BCUT2D eigenvalue weighted by atomic mass is 10.1. The molecule has 3 aromatic carbocycles. The van der Waals surface area contributed by atoms with Crippen LogP contribution in [0.3, 0.4) is 0 Å². The molecule has 0 radical (unpaired) electrons. The molecule has 0 saturated heterocycles. The highest BCUT2D eigenvalue weighted by atomic mass is 79.9. The molecule has 1 N–H and O–H groups in total. The highest BCUT2D eigenvalue weighted by molar-refractivity contribution is 9.10. The fraction of sp³-hybridized carbons (Fsp3) is 0.152. The predicted molar refractivity (Wildman–Crippen MR) is 168 cm³/mol. The first-order chi connectivity index (χ1) is 20.3. The van der Waals surface area contributed by atoms with Gasteiger partial charge in [-0.1, -0.05) is 41.4 Å². The third-order valence-electron chi connectivity index (χ3n) is 6.51. The number of benzene rings is 3. The summed E-state index contributed by atoms with van der Waals surface area (Å²) in [6.45, 7) is 6.72. The SMILES string of the molecule is Cc1cccc(COc2c(Br)cc(Cl)cc2/C=N/NC(=O)c2ccc(COc3ccc(-n4c(C)ccc4C)cc3)o2)c1. The van der Waals surface area contributed by atoms with Crippen molar-refractivity contribution in [3.8, 4) is 17.2 Å². The Kier molecular flexibility index (Phi) is 9.15. The van der Waals surface area contributed by atoms with Crippen molar-refractivity contribution < 1.29 is 18.7 Å². The maximum atomic E-state index is 12.7. The van der Waals surface area contributed by atoms with Crippen molar-refractivity contribution in [3.05, 3.63) is 134 Å². The maximum absolute atomic E-state index is 12.7. The van der Waals surface area contributed by atoms with Gasteiger partial charge < -0.3 is 18.5 Å². The number of amides is 1. The number of halogens is 2. The molecule has 9 heteroatoms. The molecule has 7 nitrogen and oxygen atoms in total. The van der Waals surface area contributed by atoms with E-state index < -0.39 is 5.91 Å². The summed E-state index contributed by atoms with van der Waals surface area (Å²) in [6.07, 6.45) is 1.48. The molecule has 0 fully saturated rings. The van der Waals surface area contributed by atoms with Crippen LogP contribution in [0.25, 0.3) is 5.69 Å². The van der Waals surface area contributed by atoms with Gasteiger partial charge in [0.15, 0.2) is 5.76 Å². The van der Waals surface area contributed by atoms with Crippen LogP contribution >= 0.6 is 27.5 Å². The van der Waals surface area contributed by atoms with Crippen molar-refractivity contribution in [2.45, 2.75) is 34.0 Å². The van der Waals surface area contributed by atoms with E-state index in [2.05, 4.69) is 63.1 Å². The normalized spacial score (nSPS) is 11.2. The third kappa shape index (κ3) is 7.13. The zero-order valence-corrected chi connectivity index (χ0v) is 25.7. The average molecular weight is 647 g/mol. The molecule has 1 amide bonds. The van der Waals surface area contributed by atoms with Crippen LogP contribution in [0.5, 0.6) is 11.5 Å². The van der Waals surface area contributed by atoms with E-state index in [1.807, 2.05) is 49.4 Å². The van der Waals surface area contributed by atoms with Crippen LogP contribution in [0.4, 0.5) is 0 Å². The standard InChI is InChI=1S/C33H29BrClN3O4/c1-21-5-4-6-24(15-21)19-41-32-25(16-26(35)17-30(32)34)18-36-37-33(39)31-14-13-29(42-31)20-40-28-11-9-27(10-12-28)38-22(2)7-8-23(38)3/h4-18H,19-20H2,1-3H3,(H,37,39)/b36-18+. The van der Waals surface area contributed by atoms with Crippen LogP contribution in [0.15, 0.2) is 98.9 Å². The van der Waals surface area contributed by atoms with Gasteiger partial charge in [0.2, 0.25) is 0 Å². The predicted octanol–water partition coefficient (Wildman–Crippen LogP) is 8.33. The summed E-state index contributed by atoms with van der Waals surface area (Å²) in [7, 11) is 0. The Labute approximate surface area is 257 Å². The smallest absolute Gasteiger partial charge is 0.307 e. The zero-order chi connectivity index (χ0) is 29.6. The van der Waals surface area contributed by atoms with E-state index >= 15 is 0 Å². The zero-order valence-electron chi connectivity index (χ0n) is 23.4. The molecule has 0 spiro atoms. The van der Waals surface area contributed by atoms with E-state index in [9.17, 15) is 4.79 Å². The van der Waals surface area contributed by atoms with E-state index in [1.165, 1.54) is 17.6 Å². The number of carbonyl (C=O) groups excluding carboxylic acids is 1. The Bertz CT molecular complexity index is 1720. The second-order valence-corrected chi connectivity index (χ2v) is 11.1. The van der Waals surface area contributed by atoms with Gasteiger partial charge in [-0.2, -0.15) is 5.10 Å². The number of rotatable bonds is 10. The number of hydrazone groups is 1. The molecule has 0 aliphatic heterocycles. The molecule has 5 rings (SSSR count). The summed E-state index contributed by atoms with van der Waals surface area (Å²) in [6, 6.07) is 26.8. The molecular formula is C33H29BrClN3O4. The molecule has 2 aromatic heterocycles. The number of hydrogen-bond donors (Lipinski definition) is 1. The number of hydrogen-bond acceptors (Lipinski definition) is 5. The number of nitrogens with one attached hydrogen (secondary N) is 1. The third-order valence-corrected chi connectivity index (χ3v) is 7.31. The largest absolute Gasteiger partial charge is 0.487 e. The first-order valence-electron chi connectivity index (χ1n) is 13.2. The first kappa shape index (κ1) is 29.2. The minimum Gasteiger partial charge on any atom is -0.487 e. The van der Waals surface area contributed by atoms with Gasteiger partial charge in [0.25, 0.3) is 0 Å². The van der Waals surface area contributed by atoms with Crippen LogP contribution in [-0.2, 0) is 13.2 Å². The summed E-state index contributed by atoms with van der Waals surface area (Å²) in [5.74, 6) is 1.38. The topological polar surface area (TPSA) is 78.0 Å². The molecule has 214 valence electrons. The van der Waals surface area contributed by atoms with Gasteiger partial charge in [-0.05, 0) is 103 Å². The van der Waals surface area contributed by atoms with Gasteiger partial charge in [-0.3, -0.25) is 4.79 Å². The van der Waals surface area contributed by atoms with Crippen molar-refractivity contribution in [1.29, 1.82) is 0 Å². The van der Waals surface area contributed by atoms with Crippen molar-refractivity contribution in [2.75, 3.05) is 0 Å². The monoisotopic (exact) mass is 645 g/mol. The fourth-order valence-corrected chi connectivity index (χ4v) is 5.45. The molecule has 0 unspecified atom stereocenters. The number of aromatic nitrogens is 1. The second-order valence-electron chi connectivity index (χ2n) is 9.78. The summed E-state index contributed by atoms with van der Waals surface area (Å²) >= 11 is 9.76. The van der Waals surface area contributed by atoms with Crippen LogP contribution < -0.4 is 14.9 Å². The van der Waals surface area contributed by atoms with Crippen LogP contribution in [0.1, 0.15) is 44.4 Å². The Morgan fingerprint density at radius 1 is 0.952 bits per heavy atom. The fourth-order valence-electron chi connectivity index (χ4n) is 4.50. The van der Waals surface area contributed by atoms with E-state index in [0.29, 0.717) is 38.9 Å². The molecule has 0 saturated carbocycles. The lowest BCUT2D eigenvalue weighted by Gasteiger charge is -2.12. The van der Waals surface area contributed by atoms with Gasteiger partial charge in [0, 0.05) is 27.7 Å². The van der Waals surface area contributed by atoms with Crippen molar-refractivity contribution in [3.63, 3.8) is 0 Å². The van der Waals surface area contributed by atoms with E-state index in [1.54, 1.807) is 24.3 Å².